The van der Waals surface area contributed by atoms with Gasteiger partial charge in [0.05, 0.1) is 11.4 Å². The first-order chi connectivity index (χ1) is 12.3. The molecule has 1 aliphatic heterocycles. The normalized spacial score (nSPS) is 13.2. The predicted octanol–water partition coefficient (Wildman–Crippen LogP) is 4.47. The summed E-state index contributed by atoms with van der Waals surface area (Å²) < 4.78 is 5.78. The van der Waals surface area contributed by atoms with Gasteiger partial charge in [0.1, 0.15) is 11.5 Å². The Balaban J connectivity index is 1.54. The molecule has 0 unspecified atom stereocenters. The van der Waals surface area contributed by atoms with Crippen molar-refractivity contribution >= 4 is 11.6 Å². The Kier molecular flexibility index (Phi) is 4.17. The van der Waals surface area contributed by atoms with Crippen molar-refractivity contribution in [3.63, 3.8) is 0 Å². The van der Waals surface area contributed by atoms with Gasteiger partial charge in [-0.2, -0.15) is 0 Å². The second kappa shape index (κ2) is 6.77. The Hall–Kier alpha value is -3.14. The highest BCUT2D eigenvalue weighted by molar-refractivity contribution is 6.06. The summed E-state index contributed by atoms with van der Waals surface area (Å²) >= 11 is 0. The van der Waals surface area contributed by atoms with Crippen LogP contribution in [0.3, 0.4) is 0 Å². The number of ether oxygens (including phenoxy) is 1. The van der Waals surface area contributed by atoms with E-state index < -0.39 is 0 Å². The molecule has 2 heterocycles. The van der Waals surface area contributed by atoms with Gasteiger partial charge in [0, 0.05) is 18.3 Å². The molecule has 0 saturated carbocycles. The number of amides is 1. The van der Waals surface area contributed by atoms with Gasteiger partial charge in [-0.25, -0.2) is 0 Å². The molecule has 0 fully saturated rings. The van der Waals surface area contributed by atoms with E-state index in [1.807, 2.05) is 71.6 Å². The molecule has 2 aromatic carbocycles. The maximum atomic E-state index is 12.9. The molecular formula is C21H18N2O2. The zero-order valence-electron chi connectivity index (χ0n) is 13.8. The lowest BCUT2D eigenvalue weighted by atomic mass is 10.1. The Morgan fingerprint density at radius 2 is 1.68 bits per heavy atom. The van der Waals surface area contributed by atoms with Crippen LogP contribution in [0.2, 0.25) is 0 Å². The number of carbonyl (C=O) groups is 1. The molecule has 124 valence electrons. The fourth-order valence-corrected chi connectivity index (χ4v) is 3.05. The third-order valence-corrected chi connectivity index (χ3v) is 4.28. The Morgan fingerprint density at radius 3 is 2.48 bits per heavy atom. The zero-order valence-corrected chi connectivity index (χ0v) is 13.8. The quantitative estimate of drug-likeness (QED) is 0.712. The van der Waals surface area contributed by atoms with Gasteiger partial charge < -0.3 is 9.64 Å². The largest absolute Gasteiger partial charge is 0.457 e. The highest BCUT2D eigenvalue weighted by Gasteiger charge is 2.24. The van der Waals surface area contributed by atoms with Crippen molar-refractivity contribution in [2.75, 3.05) is 11.4 Å². The van der Waals surface area contributed by atoms with Crippen LogP contribution in [0.1, 0.15) is 22.5 Å². The summed E-state index contributed by atoms with van der Waals surface area (Å²) in [5.41, 5.74) is 2.56. The Bertz CT molecular complexity index is 876. The van der Waals surface area contributed by atoms with Crippen molar-refractivity contribution < 1.29 is 9.53 Å². The zero-order chi connectivity index (χ0) is 17.1. The monoisotopic (exact) mass is 330 g/mol. The van der Waals surface area contributed by atoms with Crippen LogP contribution in [0.15, 0.2) is 72.9 Å². The van der Waals surface area contributed by atoms with E-state index >= 15 is 0 Å². The Labute approximate surface area is 146 Å². The molecule has 4 heteroatoms. The summed E-state index contributed by atoms with van der Waals surface area (Å²) in [5, 5.41) is 0. The third kappa shape index (κ3) is 3.24. The number of anilines is 1. The van der Waals surface area contributed by atoms with Gasteiger partial charge in [-0.05, 0) is 61.4 Å². The molecular weight excluding hydrogens is 312 g/mol. The van der Waals surface area contributed by atoms with E-state index in [0.29, 0.717) is 11.3 Å². The van der Waals surface area contributed by atoms with Gasteiger partial charge in [0.15, 0.2) is 0 Å². The molecule has 1 aliphatic rings. The van der Waals surface area contributed by atoms with E-state index in [1.54, 1.807) is 6.20 Å². The summed E-state index contributed by atoms with van der Waals surface area (Å²) in [4.78, 5) is 19.1. The molecule has 0 atom stereocenters. The number of aryl methyl sites for hydroxylation is 1. The number of aromatic nitrogens is 1. The van der Waals surface area contributed by atoms with Crippen molar-refractivity contribution in [1.82, 2.24) is 4.98 Å². The summed E-state index contributed by atoms with van der Waals surface area (Å²) in [6.45, 7) is 0.722. The molecule has 4 rings (SSSR count). The molecule has 0 saturated heterocycles. The lowest BCUT2D eigenvalue weighted by molar-refractivity contribution is 0.0985. The molecule has 1 amide bonds. The van der Waals surface area contributed by atoms with Crippen LogP contribution >= 0.6 is 0 Å². The number of rotatable bonds is 3. The van der Waals surface area contributed by atoms with Crippen LogP contribution in [0, 0.1) is 0 Å². The molecule has 0 N–H and O–H groups in total. The maximum absolute atomic E-state index is 12.9. The molecule has 0 aliphatic carbocycles. The van der Waals surface area contributed by atoms with E-state index in [-0.39, 0.29) is 5.91 Å². The summed E-state index contributed by atoms with van der Waals surface area (Å²) in [7, 11) is 0. The fraction of sp³-hybridized carbons (Fsp3) is 0.143. The summed E-state index contributed by atoms with van der Waals surface area (Å²) in [6.07, 6.45) is 3.64. The SMILES string of the molecule is O=C(c1ccc(Oc2ccccc2)cc1)N1CCCc2ncccc21. The van der Waals surface area contributed by atoms with E-state index in [0.717, 1.165) is 36.5 Å². The van der Waals surface area contributed by atoms with Crippen LogP contribution in [0.4, 0.5) is 5.69 Å². The molecule has 0 spiro atoms. The number of pyridine rings is 1. The summed E-state index contributed by atoms with van der Waals surface area (Å²) in [5.74, 6) is 1.49. The average molecular weight is 330 g/mol. The molecule has 0 radical (unpaired) electrons. The average Bonchev–Trinajstić information content (AvgIpc) is 2.68. The minimum atomic E-state index is 0.000195. The molecule has 3 aromatic rings. The fourth-order valence-electron chi connectivity index (χ4n) is 3.05. The van der Waals surface area contributed by atoms with Crippen molar-refractivity contribution in [2.45, 2.75) is 12.8 Å². The van der Waals surface area contributed by atoms with E-state index in [2.05, 4.69) is 4.98 Å². The van der Waals surface area contributed by atoms with Gasteiger partial charge in [-0.1, -0.05) is 18.2 Å². The van der Waals surface area contributed by atoms with Crippen LogP contribution in [-0.2, 0) is 6.42 Å². The number of para-hydroxylation sites is 1. The smallest absolute Gasteiger partial charge is 0.258 e. The molecule has 25 heavy (non-hydrogen) atoms. The van der Waals surface area contributed by atoms with Gasteiger partial charge in [0.2, 0.25) is 0 Å². The number of hydrogen-bond acceptors (Lipinski definition) is 3. The van der Waals surface area contributed by atoms with Crippen molar-refractivity contribution in [3.05, 3.63) is 84.2 Å². The van der Waals surface area contributed by atoms with E-state index in [9.17, 15) is 4.79 Å². The molecule has 4 nitrogen and oxygen atoms in total. The second-order valence-corrected chi connectivity index (χ2v) is 5.97. The number of benzene rings is 2. The number of carbonyl (C=O) groups excluding carboxylic acids is 1. The maximum Gasteiger partial charge on any atom is 0.258 e. The van der Waals surface area contributed by atoms with Crippen LogP contribution in [0.5, 0.6) is 11.5 Å². The minimum absolute atomic E-state index is 0.000195. The lowest BCUT2D eigenvalue weighted by Crippen LogP contribution is -2.35. The molecule has 1 aromatic heterocycles. The first-order valence-electron chi connectivity index (χ1n) is 8.40. The Morgan fingerprint density at radius 1 is 0.920 bits per heavy atom. The lowest BCUT2D eigenvalue weighted by Gasteiger charge is -2.28. The van der Waals surface area contributed by atoms with Crippen LogP contribution in [0.25, 0.3) is 0 Å². The first-order valence-corrected chi connectivity index (χ1v) is 8.40. The highest BCUT2D eigenvalue weighted by atomic mass is 16.5. The van der Waals surface area contributed by atoms with Crippen molar-refractivity contribution in [3.8, 4) is 11.5 Å². The third-order valence-electron chi connectivity index (χ3n) is 4.28. The van der Waals surface area contributed by atoms with Crippen molar-refractivity contribution in [2.24, 2.45) is 0 Å². The highest BCUT2D eigenvalue weighted by Crippen LogP contribution is 2.27. The van der Waals surface area contributed by atoms with Gasteiger partial charge in [0.25, 0.3) is 5.91 Å². The minimum Gasteiger partial charge on any atom is -0.457 e. The number of hydrogen-bond donors (Lipinski definition) is 0. The second-order valence-electron chi connectivity index (χ2n) is 5.97. The van der Waals surface area contributed by atoms with E-state index in [1.165, 1.54) is 0 Å². The number of fused-ring (bicyclic) bond motifs is 1. The topological polar surface area (TPSA) is 42.4 Å². The van der Waals surface area contributed by atoms with Gasteiger partial charge >= 0.3 is 0 Å². The molecule has 0 bridgehead atoms. The van der Waals surface area contributed by atoms with Crippen LogP contribution in [-0.4, -0.2) is 17.4 Å². The number of nitrogens with zero attached hydrogens (tertiary/aromatic N) is 2. The summed E-state index contributed by atoms with van der Waals surface area (Å²) in [6, 6.07) is 20.7. The van der Waals surface area contributed by atoms with Gasteiger partial charge in [-0.15, -0.1) is 0 Å². The van der Waals surface area contributed by atoms with Gasteiger partial charge in [-0.3, -0.25) is 9.78 Å². The van der Waals surface area contributed by atoms with Crippen LogP contribution < -0.4 is 9.64 Å². The first kappa shape index (κ1) is 15.4. The predicted molar refractivity (Wildman–Crippen MR) is 97.2 cm³/mol. The van der Waals surface area contributed by atoms with Crippen molar-refractivity contribution in [1.29, 1.82) is 0 Å². The van der Waals surface area contributed by atoms with E-state index in [4.69, 9.17) is 4.74 Å². The standard InChI is InChI=1S/C21H18N2O2/c24-21(23-15-5-8-19-20(23)9-4-14-22-19)16-10-12-18(13-11-16)25-17-6-2-1-3-7-17/h1-4,6-7,9-14H,5,8,15H2.